The summed E-state index contributed by atoms with van der Waals surface area (Å²) in [4.78, 5) is 32.4. The highest BCUT2D eigenvalue weighted by Crippen LogP contribution is 2.36. The van der Waals surface area contributed by atoms with Crippen molar-refractivity contribution < 1.29 is 9.50 Å². The minimum atomic E-state index is -0.412. The number of fused-ring (bicyclic) bond motifs is 3. The second-order valence-corrected chi connectivity index (χ2v) is 15.3. The van der Waals surface area contributed by atoms with Crippen LogP contribution in [-0.2, 0) is 7.05 Å². The van der Waals surface area contributed by atoms with Gasteiger partial charge < -0.3 is 31.3 Å². The number of halogens is 2. The zero-order chi connectivity index (χ0) is 41.5. The molecule has 9 rings (SSSR count). The number of pyridine rings is 3. The van der Waals surface area contributed by atoms with Crippen molar-refractivity contribution >= 4 is 67.8 Å². The molecule has 16 heteroatoms. The Kier molecular flexibility index (Phi) is 11.0. The number of rotatable bonds is 6. The molecule has 0 bridgehead atoms. The predicted octanol–water partition coefficient (Wildman–Crippen LogP) is 6.30. The molecule has 3 atom stereocenters. The SMILES string of the molecule is CC.CN=Cc1cc(-c2ncc3cc(N4CCNC(C5CN(c6cnc7nc(-c8cc(F)c9nn(C)cc9c8)cc(Cl)c7c6)CC(C)N5)C4)cnc3n2)c(O)c(C)c1N. The van der Waals surface area contributed by atoms with E-state index in [-0.39, 0.29) is 23.9 Å². The van der Waals surface area contributed by atoms with Gasteiger partial charge in [0.2, 0.25) is 0 Å². The minimum Gasteiger partial charge on any atom is -0.507 e. The normalized spacial score (nSPS) is 18.5. The number of benzene rings is 2. The lowest BCUT2D eigenvalue weighted by Gasteiger charge is -2.45. The zero-order valence-corrected chi connectivity index (χ0v) is 34.6. The molecular formula is C43H47ClFN13O. The standard InChI is InChI=1S/C41H41ClFN13O.C2H6/c1-21-17-56(28-11-29-31(42)12-33(51-40(29)49-16-28)23-7-26-18-54(4)53-37(26)32(43)10-23)20-35(50-21)34-19-55(6-5-46-34)27-8-25-14-47-41(52-39(25)48-15-27)30-9-24(13-45-3)36(44)22(2)38(30)57;1-2/h7-16,18,21,34-35,46,50,57H,5-6,17,19-20,44H2,1-4H3;1-2H3. The van der Waals surface area contributed by atoms with E-state index in [9.17, 15) is 9.50 Å². The van der Waals surface area contributed by atoms with E-state index in [1.165, 1.54) is 6.07 Å². The molecule has 0 amide bonds. The highest BCUT2D eigenvalue weighted by atomic mass is 35.5. The van der Waals surface area contributed by atoms with Crippen LogP contribution in [0.1, 0.15) is 31.9 Å². The summed E-state index contributed by atoms with van der Waals surface area (Å²) in [6.45, 7) is 11.9. The Labute approximate surface area is 346 Å². The fraction of sp³-hybridized carbons (Fsp3) is 0.326. The van der Waals surface area contributed by atoms with Crippen molar-refractivity contribution in [1.82, 2.24) is 45.3 Å². The van der Waals surface area contributed by atoms with Gasteiger partial charge in [-0.05, 0) is 50.2 Å². The van der Waals surface area contributed by atoms with Crippen LogP contribution in [0.2, 0.25) is 5.02 Å². The van der Waals surface area contributed by atoms with Gasteiger partial charge in [0, 0.05) is 122 Å². The summed E-state index contributed by atoms with van der Waals surface area (Å²) < 4.78 is 16.5. The summed E-state index contributed by atoms with van der Waals surface area (Å²) in [5.74, 6) is -0.0154. The van der Waals surface area contributed by atoms with E-state index >= 15 is 0 Å². The number of nitrogens with one attached hydrogen (secondary N) is 2. The molecule has 0 spiro atoms. The Bertz CT molecular complexity index is 2740. The van der Waals surface area contributed by atoms with Crippen LogP contribution in [0.15, 0.2) is 66.2 Å². The van der Waals surface area contributed by atoms with Gasteiger partial charge in [0.25, 0.3) is 0 Å². The smallest absolute Gasteiger partial charge is 0.165 e. The van der Waals surface area contributed by atoms with E-state index in [1.807, 2.05) is 38.4 Å². The third kappa shape index (κ3) is 7.68. The fourth-order valence-corrected chi connectivity index (χ4v) is 8.31. The van der Waals surface area contributed by atoms with Gasteiger partial charge in [0.05, 0.1) is 40.0 Å². The number of aromatic hydroxyl groups is 1. The van der Waals surface area contributed by atoms with Gasteiger partial charge >= 0.3 is 0 Å². The van der Waals surface area contributed by atoms with Gasteiger partial charge in [-0.2, -0.15) is 5.10 Å². The highest BCUT2D eigenvalue weighted by Gasteiger charge is 2.33. The molecule has 0 radical (unpaired) electrons. The quantitative estimate of drug-likeness (QED) is 0.109. The molecule has 2 fully saturated rings. The molecule has 0 aliphatic carbocycles. The number of aromatic nitrogens is 7. The third-order valence-electron chi connectivity index (χ3n) is 11.0. The number of hydrogen-bond donors (Lipinski definition) is 4. The number of aliphatic imine (C=N–C) groups is 1. The van der Waals surface area contributed by atoms with Crippen molar-refractivity contribution in [2.45, 2.75) is 45.8 Å². The van der Waals surface area contributed by atoms with Gasteiger partial charge in [-0.1, -0.05) is 25.4 Å². The molecule has 0 saturated carbocycles. The molecular weight excluding hydrogens is 769 g/mol. The highest BCUT2D eigenvalue weighted by molar-refractivity contribution is 6.35. The molecule has 5 aromatic heterocycles. The van der Waals surface area contributed by atoms with Crippen molar-refractivity contribution in [2.24, 2.45) is 12.0 Å². The minimum absolute atomic E-state index is 0.0361. The molecule has 14 nitrogen and oxygen atoms in total. The van der Waals surface area contributed by atoms with Crippen LogP contribution in [0.3, 0.4) is 0 Å². The summed E-state index contributed by atoms with van der Waals surface area (Å²) >= 11 is 6.88. The third-order valence-corrected chi connectivity index (χ3v) is 11.3. The lowest BCUT2D eigenvalue weighted by atomic mass is 10.00. The summed E-state index contributed by atoms with van der Waals surface area (Å²) in [5.41, 5.74) is 12.8. The van der Waals surface area contributed by atoms with E-state index in [0.29, 0.717) is 66.7 Å². The number of phenols is 1. The van der Waals surface area contributed by atoms with E-state index < -0.39 is 5.82 Å². The first-order valence-corrected chi connectivity index (χ1v) is 20.2. The largest absolute Gasteiger partial charge is 0.507 e. The van der Waals surface area contributed by atoms with E-state index in [4.69, 9.17) is 37.3 Å². The molecule has 2 aliphatic rings. The van der Waals surface area contributed by atoms with Crippen LogP contribution in [0.4, 0.5) is 21.5 Å². The maximum Gasteiger partial charge on any atom is 0.165 e. The molecule has 2 aliphatic heterocycles. The van der Waals surface area contributed by atoms with Crippen molar-refractivity contribution in [1.29, 1.82) is 0 Å². The number of hydrogen-bond acceptors (Lipinski definition) is 13. The second kappa shape index (κ2) is 16.3. The molecule has 7 aromatic rings. The number of piperazine rings is 2. The number of nitrogens with two attached hydrogens (primary N) is 1. The molecule has 2 saturated heterocycles. The van der Waals surface area contributed by atoms with E-state index in [1.54, 1.807) is 56.4 Å². The first-order valence-electron chi connectivity index (χ1n) is 19.8. The summed E-state index contributed by atoms with van der Waals surface area (Å²) in [7, 11) is 3.43. The second-order valence-electron chi connectivity index (χ2n) is 14.9. The Morgan fingerprint density at radius 1 is 0.932 bits per heavy atom. The number of nitrogen functional groups attached to an aromatic ring is 1. The molecule has 59 heavy (non-hydrogen) atoms. The van der Waals surface area contributed by atoms with Crippen molar-refractivity contribution in [3.8, 4) is 28.4 Å². The maximum absolute atomic E-state index is 14.9. The van der Waals surface area contributed by atoms with E-state index in [2.05, 4.69) is 48.5 Å². The maximum atomic E-state index is 14.9. The number of anilines is 3. The summed E-state index contributed by atoms with van der Waals surface area (Å²) in [6, 6.07) is 11.4. The van der Waals surface area contributed by atoms with E-state index in [0.717, 1.165) is 54.9 Å². The lowest BCUT2D eigenvalue weighted by Crippen LogP contribution is -2.67. The number of phenolic OH excluding ortho intramolecular Hbond substituents is 1. The average Bonchev–Trinajstić information content (AvgIpc) is 3.64. The van der Waals surface area contributed by atoms with Gasteiger partial charge in [-0.15, -0.1) is 0 Å². The summed E-state index contributed by atoms with van der Waals surface area (Å²) in [6.07, 6.45) is 8.87. The Morgan fingerprint density at radius 3 is 2.49 bits per heavy atom. The van der Waals surface area contributed by atoms with Crippen molar-refractivity contribution in [3.05, 3.63) is 83.2 Å². The van der Waals surface area contributed by atoms with Crippen molar-refractivity contribution in [3.63, 3.8) is 0 Å². The Balaban J connectivity index is 0.00000238. The van der Waals surface area contributed by atoms with Crippen LogP contribution in [-0.4, -0.2) is 104 Å². The van der Waals surface area contributed by atoms with Crippen molar-refractivity contribution in [2.75, 3.05) is 55.3 Å². The van der Waals surface area contributed by atoms with Gasteiger partial charge in [0.1, 0.15) is 11.3 Å². The molecule has 3 unspecified atom stereocenters. The average molecular weight is 816 g/mol. The van der Waals surface area contributed by atoms with Crippen LogP contribution in [0, 0.1) is 12.7 Å². The Hall–Kier alpha value is -6.03. The summed E-state index contributed by atoms with van der Waals surface area (Å²) in [5, 5.41) is 25.4. The Morgan fingerprint density at radius 2 is 1.69 bits per heavy atom. The zero-order valence-electron chi connectivity index (χ0n) is 33.9. The topological polar surface area (TPSA) is 171 Å². The lowest BCUT2D eigenvalue weighted by molar-refractivity contribution is 0.295. The number of nitrogens with zero attached hydrogens (tertiary/aromatic N) is 10. The van der Waals surface area contributed by atoms with Crippen LogP contribution in [0.5, 0.6) is 5.75 Å². The molecule has 2 aromatic carbocycles. The van der Waals surface area contributed by atoms with Crippen LogP contribution < -0.4 is 26.2 Å². The first kappa shape index (κ1) is 39.8. The van der Waals surface area contributed by atoms with Crippen LogP contribution >= 0.6 is 11.6 Å². The fourth-order valence-electron chi connectivity index (χ4n) is 8.06. The number of aryl methyl sites for hydroxylation is 1. The molecule has 7 heterocycles. The van der Waals surface area contributed by atoms with Gasteiger partial charge in [-0.25, -0.2) is 29.3 Å². The monoisotopic (exact) mass is 815 g/mol. The van der Waals surface area contributed by atoms with Gasteiger partial charge in [0.15, 0.2) is 22.9 Å². The predicted molar refractivity (Wildman–Crippen MR) is 235 cm³/mol. The first-order chi connectivity index (χ1) is 28.5. The van der Waals surface area contributed by atoms with Gasteiger partial charge in [-0.3, -0.25) is 9.67 Å². The molecule has 304 valence electrons. The van der Waals surface area contributed by atoms with Crippen LogP contribution in [0.25, 0.3) is 55.6 Å². The molecule has 5 N–H and O–H groups in total.